The molecule has 134 valence electrons. The molecule has 0 bridgehead atoms. The van der Waals surface area contributed by atoms with Crippen LogP contribution in [-0.4, -0.2) is 43.3 Å². The summed E-state index contributed by atoms with van der Waals surface area (Å²) in [6.45, 7) is 6.34. The molecule has 6 heteroatoms. The van der Waals surface area contributed by atoms with E-state index in [-0.39, 0.29) is 30.9 Å². The Labute approximate surface area is 152 Å². The third-order valence-electron chi connectivity index (χ3n) is 4.28. The van der Waals surface area contributed by atoms with Crippen LogP contribution in [0.2, 0.25) is 0 Å². The summed E-state index contributed by atoms with van der Waals surface area (Å²) in [7, 11) is 1.61. The number of benzene rings is 1. The number of hydrogen-bond donors (Lipinski definition) is 2. The average molecular weight is 365 g/mol. The number of para-hydroxylation sites is 1. The maximum atomic E-state index is 10.5. The fourth-order valence-corrected chi connectivity index (χ4v) is 3.09. The molecular weight excluding hydrogens is 335 g/mol. The first-order valence-electron chi connectivity index (χ1n) is 8.08. The predicted molar refractivity (Wildman–Crippen MR) is 100 cm³/mol. The Hall–Kier alpha value is -0.680. The molecule has 1 heterocycles. The van der Waals surface area contributed by atoms with Crippen molar-refractivity contribution >= 4 is 24.8 Å². The molecular formula is C17H30Cl2N2O2. The number of piperazine rings is 1. The van der Waals surface area contributed by atoms with Crippen LogP contribution in [0.15, 0.2) is 18.2 Å². The summed E-state index contributed by atoms with van der Waals surface area (Å²) in [5.41, 5.74) is 1.01. The van der Waals surface area contributed by atoms with Crippen LogP contribution in [0.1, 0.15) is 44.2 Å². The van der Waals surface area contributed by atoms with Gasteiger partial charge >= 0.3 is 0 Å². The zero-order valence-electron chi connectivity index (χ0n) is 14.1. The predicted octanol–water partition coefficient (Wildman–Crippen LogP) is 3.77. The highest BCUT2D eigenvalue weighted by molar-refractivity contribution is 5.85. The molecule has 0 aliphatic carbocycles. The maximum absolute atomic E-state index is 10.5. The number of nitrogens with zero attached hydrogens (tertiary/aromatic N) is 1. The van der Waals surface area contributed by atoms with Crippen molar-refractivity contribution in [1.29, 1.82) is 0 Å². The number of aromatic hydroxyl groups is 1. The lowest BCUT2D eigenvalue weighted by Gasteiger charge is -2.35. The topological polar surface area (TPSA) is 44.7 Å². The number of hydrogen-bond acceptors (Lipinski definition) is 4. The van der Waals surface area contributed by atoms with Crippen molar-refractivity contribution in [2.24, 2.45) is 0 Å². The number of methoxy groups -OCH3 is 1. The van der Waals surface area contributed by atoms with E-state index in [1.165, 1.54) is 19.3 Å². The monoisotopic (exact) mass is 364 g/mol. The summed E-state index contributed by atoms with van der Waals surface area (Å²) in [6, 6.07) is 6.12. The first-order chi connectivity index (χ1) is 10.3. The normalized spacial score (nSPS) is 16.1. The van der Waals surface area contributed by atoms with Gasteiger partial charge < -0.3 is 15.2 Å². The summed E-state index contributed by atoms with van der Waals surface area (Å²) in [4.78, 5) is 2.49. The minimum atomic E-state index is 0. The molecule has 2 rings (SSSR count). The second kappa shape index (κ2) is 11.8. The molecule has 2 N–H and O–H groups in total. The van der Waals surface area contributed by atoms with E-state index in [2.05, 4.69) is 17.1 Å². The van der Waals surface area contributed by atoms with Crippen LogP contribution < -0.4 is 10.1 Å². The molecule has 4 nitrogen and oxygen atoms in total. The van der Waals surface area contributed by atoms with Gasteiger partial charge in [0.05, 0.1) is 7.11 Å². The smallest absolute Gasteiger partial charge is 0.162 e. The Morgan fingerprint density at radius 1 is 1.22 bits per heavy atom. The fraction of sp³-hybridized carbons (Fsp3) is 0.647. The first-order valence-corrected chi connectivity index (χ1v) is 8.08. The van der Waals surface area contributed by atoms with Crippen LogP contribution >= 0.6 is 24.8 Å². The van der Waals surface area contributed by atoms with Crippen LogP contribution in [0.4, 0.5) is 0 Å². The van der Waals surface area contributed by atoms with E-state index < -0.39 is 0 Å². The number of ether oxygens (including phenoxy) is 1. The molecule has 1 saturated heterocycles. The van der Waals surface area contributed by atoms with E-state index in [0.717, 1.165) is 38.2 Å². The Morgan fingerprint density at radius 2 is 1.91 bits per heavy atom. The fourth-order valence-electron chi connectivity index (χ4n) is 3.09. The SMILES string of the molecule is CCCCC[C@@H](c1cccc(OC)c1O)N1CCNCC1.Cl.Cl. The number of phenols is 1. The standard InChI is InChI=1S/C17H28N2O2.2ClH/c1-3-4-5-8-15(19-12-10-18-11-13-19)14-7-6-9-16(21-2)17(14)20;;/h6-7,9,15,18,20H,3-5,8,10-13H2,1-2H3;2*1H/t15-;;/m0../s1. The minimum absolute atomic E-state index is 0. The molecule has 0 spiro atoms. The molecule has 0 unspecified atom stereocenters. The van der Waals surface area contributed by atoms with Gasteiger partial charge in [0.1, 0.15) is 0 Å². The first kappa shape index (κ1) is 22.3. The Kier molecular flexibility index (Phi) is 11.4. The number of unbranched alkanes of at least 4 members (excludes halogenated alkanes) is 2. The maximum Gasteiger partial charge on any atom is 0.162 e. The Balaban J connectivity index is 0.00000242. The molecule has 1 aliphatic heterocycles. The Bertz CT molecular complexity index is 441. The highest BCUT2D eigenvalue weighted by Gasteiger charge is 2.25. The van der Waals surface area contributed by atoms with Gasteiger partial charge in [-0.3, -0.25) is 4.90 Å². The largest absolute Gasteiger partial charge is 0.504 e. The second-order valence-corrected chi connectivity index (χ2v) is 5.70. The summed E-state index contributed by atoms with van der Waals surface area (Å²) < 4.78 is 5.27. The molecule has 1 fully saturated rings. The van der Waals surface area contributed by atoms with Gasteiger partial charge in [0.25, 0.3) is 0 Å². The van der Waals surface area contributed by atoms with Crippen molar-refractivity contribution in [3.63, 3.8) is 0 Å². The van der Waals surface area contributed by atoms with Gasteiger partial charge in [0, 0.05) is 37.8 Å². The van der Waals surface area contributed by atoms with Crippen LogP contribution in [-0.2, 0) is 0 Å². The quantitative estimate of drug-likeness (QED) is 0.722. The zero-order chi connectivity index (χ0) is 15.1. The average Bonchev–Trinajstić information content (AvgIpc) is 2.53. The molecule has 0 radical (unpaired) electrons. The lowest BCUT2D eigenvalue weighted by molar-refractivity contribution is 0.159. The summed E-state index contributed by atoms with van der Waals surface area (Å²) in [6.07, 6.45) is 4.75. The molecule has 0 amide bonds. The summed E-state index contributed by atoms with van der Waals surface area (Å²) >= 11 is 0. The number of nitrogens with one attached hydrogen (secondary N) is 1. The van der Waals surface area contributed by atoms with Gasteiger partial charge in [-0.15, -0.1) is 24.8 Å². The number of phenolic OH excluding ortho intramolecular Hbond substituents is 1. The van der Waals surface area contributed by atoms with Crippen molar-refractivity contribution in [3.05, 3.63) is 23.8 Å². The van der Waals surface area contributed by atoms with Crippen molar-refractivity contribution in [2.75, 3.05) is 33.3 Å². The molecule has 23 heavy (non-hydrogen) atoms. The third kappa shape index (κ3) is 6.03. The van der Waals surface area contributed by atoms with Crippen LogP contribution in [0.3, 0.4) is 0 Å². The van der Waals surface area contributed by atoms with Crippen LogP contribution in [0.25, 0.3) is 0 Å². The highest BCUT2D eigenvalue weighted by atomic mass is 35.5. The summed E-state index contributed by atoms with van der Waals surface area (Å²) in [5, 5.41) is 13.9. The van der Waals surface area contributed by atoms with E-state index in [9.17, 15) is 5.11 Å². The van der Waals surface area contributed by atoms with Crippen molar-refractivity contribution in [2.45, 2.75) is 38.6 Å². The second-order valence-electron chi connectivity index (χ2n) is 5.70. The van der Waals surface area contributed by atoms with E-state index in [1.54, 1.807) is 7.11 Å². The van der Waals surface area contributed by atoms with Crippen molar-refractivity contribution < 1.29 is 9.84 Å². The molecule has 1 atom stereocenters. The van der Waals surface area contributed by atoms with E-state index in [0.29, 0.717) is 11.5 Å². The zero-order valence-corrected chi connectivity index (χ0v) is 15.7. The van der Waals surface area contributed by atoms with Crippen molar-refractivity contribution in [3.8, 4) is 11.5 Å². The van der Waals surface area contributed by atoms with Crippen LogP contribution in [0.5, 0.6) is 11.5 Å². The van der Waals surface area contributed by atoms with Crippen molar-refractivity contribution in [1.82, 2.24) is 10.2 Å². The molecule has 1 aromatic carbocycles. The van der Waals surface area contributed by atoms with E-state index in [1.807, 2.05) is 18.2 Å². The minimum Gasteiger partial charge on any atom is -0.504 e. The van der Waals surface area contributed by atoms with Gasteiger partial charge in [-0.2, -0.15) is 0 Å². The van der Waals surface area contributed by atoms with Gasteiger partial charge in [-0.1, -0.05) is 38.3 Å². The lowest BCUT2D eigenvalue weighted by atomic mass is 9.97. The Morgan fingerprint density at radius 3 is 2.52 bits per heavy atom. The van der Waals surface area contributed by atoms with Gasteiger partial charge in [0.2, 0.25) is 0 Å². The summed E-state index contributed by atoms with van der Waals surface area (Å²) in [5.74, 6) is 0.878. The lowest BCUT2D eigenvalue weighted by Crippen LogP contribution is -2.45. The molecule has 1 aliphatic rings. The van der Waals surface area contributed by atoms with Crippen LogP contribution in [0, 0.1) is 0 Å². The molecule has 0 saturated carbocycles. The van der Waals surface area contributed by atoms with Gasteiger partial charge in [-0.25, -0.2) is 0 Å². The molecule has 1 aromatic rings. The number of halogens is 2. The molecule has 0 aromatic heterocycles. The van der Waals surface area contributed by atoms with Gasteiger partial charge in [0.15, 0.2) is 11.5 Å². The third-order valence-corrected chi connectivity index (χ3v) is 4.28. The highest BCUT2D eigenvalue weighted by Crippen LogP contribution is 2.38. The van der Waals surface area contributed by atoms with E-state index >= 15 is 0 Å². The van der Waals surface area contributed by atoms with Gasteiger partial charge in [-0.05, 0) is 12.5 Å². The number of rotatable bonds is 7. The van der Waals surface area contributed by atoms with E-state index in [4.69, 9.17) is 4.74 Å².